The number of benzene rings is 1. The Labute approximate surface area is 93.9 Å². The highest BCUT2D eigenvalue weighted by Gasteiger charge is 2.18. The molecule has 82 valence electrons. The van der Waals surface area contributed by atoms with Gasteiger partial charge in [-0.15, -0.1) is 5.10 Å². The molecule has 0 unspecified atom stereocenters. The lowest BCUT2D eigenvalue weighted by molar-refractivity contribution is 0.557. The van der Waals surface area contributed by atoms with Gasteiger partial charge < -0.3 is 9.32 Å². The van der Waals surface area contributed by atoms with E-state index in [1.165, 1.54) is 12.8 Å². The normalized spacial score (nSPS) is 15.6. The lowest BCUT2D eigenvalue weighted by atomic mass is 10.2. The highest BCUT2D eigenvalue weighted by Crippen LogP contribution is 2.23. The maximum absolute atomic E-state index is 5.66. The van der Waals surface area contributed by atoms with Gasteiger partial charge in [-0.05, 0) is 25.0 Å². The maximum Gasteiger partial charge on any atom is 0.318 e. The number of aromatic nitrogens is 2. The molecule has 0 radical (unpaired) electrons. The van der Waals surface area contributed by atoms with Crippen molar-refractivity contribution in [2.75, 3.05) is 18.0 Å². The fourth-order valence-electron chi connectivity index (χ4n) is 1.95. The van der Waals surface area contributed by atoms with Crippen molar-refractivity contribution in [1.82, 2.24) is 10.2 Å². The average Bonchev–Trinajstić information content (AvgIpc) is 3.01. The van der Waals surface area contributed by atoms with Gasteiger partial charge in [0.05, 0.1) is 0 Å². The van der Waals surface area contributed by atoms with Crippen molar-refractivity contribution < 1.29 is 4.42 Å². The SMILES string of the molecule is c1ccc(-c2nnc(N3CCCC3)o2)cc1. The third-order valence-electron chi connectivity index (χ3n) is 2.81. The first-order valence-electron chi connectivity index (χ1n) is 5.57. The largest absolute Gasteiger partial charge is 0.403 e. The summed E-state index contributed by atoms with van der Waals surface area (Å²) in [5, 5.41) is 8.16. The predicted molar refractivity (Wildman–Crippen MR) is 61.2 cm³/mol. The Bertz CT molecular complexity index is 460. The fourth-order valence-corrected chi connectivity index (χ4v) is 1.95. The third kappa shape index (κ3) is 1.66. The molecule has 4 nitrogen and oxygen atoms in total. The quantitative estimate of drug-likeness (QED) is 0.771. The molecular formula is C12H13N3O. The topological polar surface area (TPSA) is 42.2 Å². The molecule has 0 amide bonds. The van der Waals surface area contributed by atoms with Crippen LogP contribution < -0.4 is 4.90 Å². The van der Waals surface area contributed by atoms with Crippen LogP contribution in [0.1, 0.15) is 12.8 Å². The summed E-state index contributed by atoms with van der Waals surface area (Å²) in [6, 6.07) is 10.5. The van der Waals surface area contributed by atoms with E-state index in [-0.39, 0.29) is 0 Å². The van der Waals surface area contributed by atoms with Crippen molar-refractivity contribution in [3.05, 3.63) is 30.3 Å². The lowest BCUT2D eigenvalue weighted by Crippen LogP contribution is -2.17. The molecule has 4 heteroatoms. The summed E-state index contributed by atoms with van der Waals surface area (Å²) in [5.41, 5.74) is 0.973. The van der Waals surface area contributed by atoms with Crippen LogP contribution in [0.3, 0.4) is 0 Å². The molecule has 2 aromatic rings. The minimum Gasteiger partial charge on any atom is -0.403 e. The summed E-state index contributed by atoms with van der Waals surface area (Å²) >= 11 is 0. The standard InChI is InChI=1S/C12H13N3O/c1-2-6-10(7-3-1)11-13-14-12(16-11)15-8-4-5-9-15/h1-3,6-7H,4-5,8-9H2. The van der Waals surface area contributed by atoms with Crippen LogP contribution in [0.15, 0.2) is 34.7 Å². The number of hydrogen-bond acceptors (Lipinski definition) is 4. The van der Waals surface area contributed by atoms with Crippen molar-refractivity contribution >= 4 is 6.01 Å². The second kappa shape index (κ2) is 3.96. The van der Waals surface area contributed by atoms with E-state index < -0.39 is 0 Å². The van der Waals surface area contributed by atoms with Crippen molar-refractivity contribution in [2.24, 2.45) is 0 Å². The molecule has 0 aliphatic carbocycles. The molecule has 2 heterocycles. The zero-order valence-corrected chi connectivity index (χ0v) is 8.97. The first-order valence-corrected chi connectivity index (χ1v) is 5.57. The molecule has 1 aliphatic heterocycles. The average molecular weight is 215 g/mol. The van der Waals surface area contributed by atoms with Crippen LogP contribution in [0.25, 0.3) is 11.5 Å². The van der Waals surface area contributed by atoms with E-state index >= 15 is 0 Å². The Balaban J connectivity index is 1.87. The van der Waals surface area contributed by atoms with Gasteiger partial charge in [0.1, 0.15) is 0 Å². The number of nitrogens with zero attached hydrogens (tertiary/aromatic N) is 3. The van der Waals surface area contributed by atoms with E-state index in [1.54, 1.807) is 0 Å². The summed E-state index contributed by atoms with van der Waals surface area (Å²) in [7, 11) is 0. The fraction of sp³-hybridized carbons (Fsp3) is 0.333. The smallest absolute Gasteiger partial charge is 0.318 e. The van der Waals surface area contributed by atoms with E-state index in [1.807, 2.05) is 30.3 Å². The molecular weight excluding hydrogens is 202 g/mol. The summed E-state index contributed by atoms with van der Waals surface area (Å²) in [5.74, 6) is 0.600. The van der Waals surface area contributed by atoms with Gasteiger partial charge in [-0.2, -0.15) is 0 Å². The maximum atomic E-state index is 5.66. The van der Waals surface area contributed by atoms with Gasteiger partial charge >= 0.3 is 6.01 Å². The summed E-state index contributed by atoms with van der Waals surface area (Å²) in [6.45, 7) is 2.05. The Morgan fingerprint density at radius 1 is 1.00 bits per heavy atom. The van der Waals surface area contributed by atoms with Crippen molar-refractivity contribution in [2.45, 2.75) is 12.8 Å². The van der Waals surface area contributed by atoms with E-state index in [2.05, 4.69) is 15.1 Å². The van der Waals surface area contributed by atoms with Gasteiger partial charge in [0.15, 0.2) is 0 Å². The first kappa shape index (κ1) is 9.39. The molecule has 0 bridgehead atoms. The molecule has 1 aromatic carbocycles. The Kier molecular flexibility index (Phi) is 2.33. The predicted octanol–water partition coefficient (Wildman–Crippen LogP) is 2.34. The summed E-state index contributed by atoms with van der Waals surface area (Å²) in [4.78, 5) is 2.14. The second-order valence-corrected chi connectivity index (χ2v) is 3.95. The Morgan fingerprint density at radius 2 is 1.75 bits per heavy atom. The van der Waals surface area contributed by atoms with E-state index in [0.717, 1.165) is 18.7 Å². The number of hydrogen-bond donors (Lipinski definition) is 0. The van der Waals surface area contributed by atoms with Gasteiger partial charge in [-0.25, -0.2) is 0 Å². The van der Waals surface area contributed by atoms with Crippen LogP contribution in [0, 0.1) is 0 Å². The van der Waals surface area contributed by atoms with Gasteiger partial charge in [0, 0.05) is 18.7 Å². The molecule has 1 aromatic heterocycles. The first-order chi connectivity index (χ1) is 7.93. The molecule has 1 fully saturated rings. The molecule has 0 N–H and O–H groups in total. The van der Waals surface area contributed by atoms with E-state index in [4.69, 9.17) is 4.42 Å². The van der Waals surface area contributed by atoms with Crippen molar-refractivity contribution in [3.63, 3.8) is 0 Å². The van der Waals surface area contributed by atoms with Crippen LogP contribution in [0.5, 0.6) is 0 Å². The number of rotatable bonds is 2. The highest BCUT2D eigenvalue weighted by atomic mass is 16.4. The van der Waals surface area contributed by atoms with Crippen LogP contribution in [-0.4, -0.2) is 23.3 Å². The van der Waals surface area contributed by atoms with Crippen LogP contribution >= 0.6 is 0 Å². The van der Waals surface area contributed by atoms with Gasteiger partial charge in [0.25, 0.3) is 0 Å². The van der Waals surface area contributed by atoms with Crippen LogP contribution in [-0.2, 0) is 0 Å². The summed E-state index contributed by atoms with van der Waals surface area (Å²) in [6.07, 6.45) is 2.42. The Hall–Kier alpha value is -1.84. The van der Waals surface area contributed by atoms with Gasteiger partial charge in [-0.1, -0.05) is 23.3 Å². The van der Waals surface area contributed by atoms with Crippen LogP contribution in [0.4, 0.5) is 6.01 Å². The minimum absolute atomic E-state index is 0.600. The van der Waals surface area contributed by atoms with Gasteiger partial charge in [-0.3, -0.25) is 0 Å². The molecule has 16 heavy (non-hydrogen) atoms. The zero-order valence-electron chi connectivity index (χ0n) is 8.97. The minimum atomic E-state index is 0.600. The molecule has 3 rings (SSSR count). The molecule has 0 atom stereocenters. The zero-order chi connectivity index (χ0) is 10.8. The van der Waals surface area contributed by atoms with Gasteiger partial charge in [0.2, 0.25) is 5.89 Å². The number of anilines is 1. The van der Waals surface area contributed by atoms with Crippen LogP contribution in [0.2, 0.25) is 0 Å². The highest BCUT2D eigenvalue weighted by molar-refractivity contribution is 5.53. The Morgan fingerprint density at radius 3 is 2.50 bits per heavy atom. The molecule has 1 saturated heterocycles. The van der Waals surface area contributed by atoms with Crippen molar-refractivity contribution in [1.29, 1.82) is 0 Å². The lowest BCUT2D eigenvalue weighted by Gasteiger charge is -2.09. The molecule has 0 saturated carbocycles. The molecule has 0 spiro atoms. The summed E-state index contributed by atoms with van der Waals surface area (Å²) < 4.78 is 5.66. The van der Waals surface area contributed by atoms with E-state index in [9.17, 15) is 0 Å². The second-order valence-electron chi connectivity index (χ2n) is 3.95. The van der Waals surface area contributed by atoms with Crippen molar-refractivity contribution in [3.8, 4) is 11.5 Å². The molecule has 1 aliphatic rings. The van der Waals surface area contributed by atoms with E-state index in [0.29, 0.717) is 11.9 Å². The monoisotopic (exact) mass is 215 g/mol. The third-order valence-corrected chi connectivity index (χ3v) is 2.81.